The van der Waals surface area contributed by atoms with E-state index in [1.54, 1.807) is 5.56 Å². The average molecular weight is 465 g/mol. The number of rotatable bonds is 5. The highest BCUT2D eigenvalue weighted by Crippen LogP contribution is 2.44. The van der Waals surface area contributed by atoms with Crippen molar-refractivity contribution in [1.29, 1.82) is 0 Å². The summed E-state index contributed by atoms with van der Waals surface area (Å²) >= 11 is 0. The monoisotopic (exact) mass is 464 g/mol. The first-order chi connectivity index (χ1) is 15.7. The van der Waals surface area contributed by atoms with E-state index >= 15 is 0 Å². The van der Waals surface area contributed by atoms with Gasteiger partial charge in [-0.1, -0.05) is 42.5 Å². The molecule has 0 radical (unpaired) electrons. The van der Waals surface area contributed by atoms with Gasteiger partial charge in [0.25, 0.3) is 0 Å². The van der Waals surface area contributed by atoms with Gasteiger partial charge in [0, 0.05) is 18.1 Å². The fourth-order valence-electron chi connectivity index (χ4n) is 7.17. The van der Waals surface area contributed by atoms with Gasteiger partial charge in [-0.3, -0.25) is 4.90 Å². The maximum absolute atomic E-state index is 4.86. The summed E-state index contributed by atoms with van der Waals surface area (Å²) in [5, 5.41) is 3.60. The highest BCUT2D eigenvalue weighted by molar-refractivity contribution is 5.85. The van der Waals surface area contributed by atoms with Gasteiger partial charge in [-0.25, -0.2) is 4.98 Å². The smallest absolute Gasteiger partial charge is 0.106 e. The Morgan fingerprint density at radius 3 is 2.30 bits per heavy atom. The predicted octanol–water partition coefficient (Wildman–Crippen LogP) is 5.65. The van der Waals surface area contributed by atoms with Gasteiger partial charge in [-0.15, -0.1) is 12.4 Å². The molecule has 2 unspecified atom stereocenters. The SMILES string of the molecule is Cc1nc2ccccc2n1C1CC2CCC(C1)N2CCC1(c2ccccc2)CCNCC1.Cl. The number of piperidine rings is 2. The van der Waals surface area contributed by atoms with E-state index in [0.717, 1.165) is 30.7 Å². The number of hydrogen-bond donors (Lipinski definition) is 1. The molecular weight excluding hydrogens is 428 g/mol. The number of halogens is 1. The Morgan fingerprint density at radius 2 is 1.58 bits per heavy atom. The summed E-state index contributed by atoms with van der Waals surface area (Å²) in [5.41, 5.74) is 4.38. The lowest BCUT2D eigenvalue weighted by Gasteiger charge is -2.44. The standard InChI is InChI=1S/C28H36N4.ClH/c1-21-30-26-9-5-6-10-27(26)32(21)25-19-23-11-12-24(20-25)31(23)18-15-28(13-16-29-17-14-28)22-7-3-2-4-8-22;/h2-10,23-25,29H,11-20H2,1H3;1H. The number of nitrogens with zero attached hydrogens (tertiary/aromatic N) is 3. The first-order valence-corrected chi connectivity index (χ1v) is 12.7. The third kappa shape index (κ3) is 4.11. The van der Waals surface area contributed by atoms with Gasteiger partial charge in [0.15, 0.2) is 0 Å². The second-order valence-electron chi connectivity index (χ2n) is 10.4. The highest BCUT2D eigenvalue weighted by Gasteiger charge is 2.43. The van der Waals surface area contributed by atoms with Gasteiger partial charge < -0.3 is 9.88 Å². The summed E-state index contributed by atoms with van der Waals surface area (Å²) in [5.74, 6) is 1.18. The third-order valence-corrected chi connectivity index (χ3v) is 8.79. The minimum atomic E-state index is 0. The number of hydrogen-bond acceptors (Lipinski definition) is 3. The molecule has 1 aromatic heterocycles. The molecule has 33 heavy (non-hydrogen) atoms. The van der Waals surface area contributed by atoms with Crippen LogP contribution >= 0.6 is 12.4 Å². The van der Waals surface area contributed by atoms with Crippen LogP contribution in [0.4, 0.5) is 0 Å². The van der Waals surface area contributed by atoms with Gasteiger partial charge in [-0.05, 0) is 94.6 Å². The Morgan fingerprint density at radius 1 is 0.909 bits per heavy atom. The third-order valence-electron chi connectivity index (χ3n) is 8.79. The zero-order valence-electron chi connectivity index (χ0n) is 19.7. The summed E-state index contributed by atoms with van der Waals surface area (Å²) in [4.78, 5) is 7.76. The lowest BCUT2D eigenvalue weighted by Crippen LogP contribution is -2.47. The summed E-state index contributed by atoms with van der Waals surface area (Å²) in [7, 11) is 0. The molecule has 3 aliphatic rings. The fourth-order valence-corrected chi connectivity index (χ4v) is 7.17. The molecule has 3 aliphatic heterocycles. The maximum atomic E-state index is 4.86. The molecule has 1 N–H and O–H groups in total. The minimum absolute atomic E-state index is 0. The Kier molecular flexibility index (Phi) is 6.52. The molecule has 4 nitrogen and oxygen atoms in total. The fraction of sp³-hybridized carbons (Fsp3) is 0.536. The van der Waals surface area contributed by atoms with Crippen LogP contribution in [-0.4, -0.2) is 46.2 Å². The molecule has 2 aromatic carbocycles. The lowest BCUT2D eigenvalue weighted by molar-refractivity contribution is 0.0929. The van der Waals surface area contributed by atoms with Crippen molar-refractivity contribution < 1.29 is 0 Å². The molecule has 0 aliphatic carbocycles. The number of nitrogens with one attached hydrogen (secondary N) is 1. The van der Waals surface area contributed by atoms with Gasteiger partial charge in [-0.2, -0.15) is 0 Å². The molecule has 0 amide bonds. The van der Waals surface area contributed by atoms with E-state index in [2.05, 4.69) is 76.3 Å². The molecule has 4 heterocycles. The van der Waals surface area contributed by atoms with Gasteiger partial charge in [0.1, 0.15) is 5.82 Å². The van der Waals surface area contributed by atoms with E-state index in [1.807, 2.05) is 0 Å². The number of benzene rings is 2. The van der Waals surface area contributed by atoms with E-state index < -0.39 is 0 Å². The van der Waals surface area contributed by atoms with E-state index in [9.17, 15) is 0 Å². The van der Waals surface area contributed by atoms with Crippen molar-refractivity contribution >= 4 is 23.4 Å². The predicted molar refractivity (Wildman–Crippen MR) is 138 cm³/mol. The molecule has 3 fully saturated rings. The topological polar surface area (TPSA) is 33.1 Å². The van der Waals surface area contributed by atoms with E-state index in [4.69, 9.17) is 4.98 Å². The van der Waals surface area contributed by atoms with E-state index in [-0.39, 0.29) is 12.4 Å². The molecule has 176 valence electrons. The first-order valence-electron chi connectivity index (χ1n) is 12.7. The number of aryl methyl sites for hydroxylation is 1. The second kappa shape index (κ2) is 9.40. The van der Waals surface area contributed by atoms with Crippen LogP contribution in [0.3, 0.4) is 0 Å². The summed E-state index contributed by atoms with van der Waals surface area (Å²) in [6, 6.07) is 22.1. The second-order valence-corrected chi connectivity index (χ2v) is 10.4. The highest BCUT2D eigenvalue weighted by atomic mass is 35.5. The van der Waals surface area contributed by atoms with Crippen molar-refractivity contribution in [3.63, 3.8) is 0 Å². The molecular formula is C28H37ClN4. The lowest BCUT2D eigenvalue weighted by atomic mass is 9.70. The molecule has 3 saturated heterocycles. The van der Waals surface area contributed by atoms with Crippen molar-refractivity contribution in [3.8, 4) is 0 Å². The van der Waals surface area contributed by atoms with Crippen LogP contribution in [0.5, 0.6) is 0 Å². The maximum Gasteiger partial charge on any atom is 0.106 e. The zero-order chi connectivity index (χ0) is 21.5. The van der Waals surface area contributed by atoms with Crippen molar-refractivity contribution in [1.82, 2.24) is 19.8 Å². The Hall–Kier alpha value is -1.88. The normalized spacial score (nSPS) is 26.9. The molecule has 0 saturated carbocycles. The molecule has 2 bridgehead atoms. The number of fused-ring (bicyclic) bond motifs is 3. The van der Waals surface area contributed by atoms with Gasteiger partial charge >= 0.3 is 0 Å². The molecule has 6 rings (SSSR count). The van der Waals surface area contributed by atoms with Crippen LogP contribution in [0.1, 0.15) is 62.4 Å². The van der Waals surface area contributed by atoms with Crippen LogP contribution < -0.4 is 5.32 Å². The van der Waals surface area contributed by atoms with Crippen LogP contribution in [0.2, 0.25) is 0 Å². The molecule has 5 heteroatoms. The van der Waals surface area contributed by atoms with Crippen LogP contribution in [0.25, 0.3) is 11.0 Å². The summed E-state index contributed by atoms with van der Waals surface area (Å²) < 4.78 is 2.55. The van der Waals surface area contributed by atoms with Crippen molar-refractivity contribution in [2.24, 2.45) is 0 Å². The summed E-state index contributed by atoms with van der Waals surface area (Å²) in [6.07, 6.45) is 9.12. The van der Waals surface area contributed by atoms with Gasteiger partial charge in [0.2, 0.25) is 0 Å². The number of imidazole rings is 1. The van der Waals surface area contributed by atoms with Crippen LogP contribution in [0.15, 0.2) is 54.6 Å². The number of aromatic nitrogens is 2. The van der Waals surface area contributed by atoms with Gasteiger partial charge in [0.05, 0.1) is 11.0 Å². The Balaban J connectivity index is 0.00000228. The molecule has 3 aromatic rings. The van der Waals surface area contributed by atoms with Crippen molar-refractivity contribution in [2.75, 3.05) is 19.6 Å². The van der Waals surface area contributed by atoms with Crippen LogP contribution in [0, 0.1) is 6.92 Å². The van der Waals surface area contributed by atoms with E-state index in [0.29, 0.717) is 11.5 Å². The Bertz CT molecular complexity index is 1060. The average Bonchev–Trinajstić information content (AvgIpc) is 3.30. The zero-order valence-corrected chi connectivity index (χ0v) is 20.6. The largest absolute Gasteiger partial charge is 0.325 e. The number of para-hydroxylation sites is 2. The van der Waals surface area contributed by atoms with Crippen molar-refractivity contribution in [2.45, 2.75) is 75.4 Å². The van der Waals surface area contributed by atoms with E-state index in [1.165, 1.54) is 62.8 Å². The first kappa shape index (κ1) is 22.9. The van der Waals surface area contributed by atoms with Crippen molar-refractivity contribution in [3.05, 3.63) is 66.0 Å². The molecule has 2 atom stereocenters. The molecule has 0 spiro atoms. The summed E-state index contributed by atoms with van der Waals surface area (Å²) in [6.45, 7) is 5.74. The minimum Gasteiger partial charge on any atom is -0.325 e. The Labute approximate surface area is 204 Å². The quantitative estimate of drug-likeness (QED) is 0.530. The van der Waals surface area contributed by atoms with Crippen LogP contribution in [-0.2, 0) is 5.41 Å².